The SMILES string of the molecule is Cc1ccc2nc(N/N=C\C3=C[C@@H]4C=CC=C[C@@H]4N3)nc(-c3ccccc3)c2c1. The summed E-state index contributed by atoms with van der Waals surface area (Å²) in [5, 5.41) is 8.84. The van der Waals surface area contributed by atoms with Crippen LogP contribution >= 0.6 is 0 Å². The van der Waals surface area contributed by atoms with Crippen molar-refractivity contribution >= 4 is 23.1 Å². The number of hydrogen-bond donors (Lipinski definition) is 2. The molecule has 2 aliphatic rings. The predicted molar refractivity (Wildman–Crippen MR) is 119 cm³/mol. The van der Waals surface area contributed by atoms with Crippen LogP contribution in [0.3, 0.4) is 0 Å². The summed E-state index contributed by atoms with van der Waals surface area (Å²) < 4.78 is 0. The molecule has 0 saturated carbocycles. The summed E-state index contributed by atoms with van der Waals surface area (Å²) >= 11 is 0. The highest BCUT2D eigenvalue weighted by molar-refractivity contribution is 5.93. The van der Waals surface area contributed by atoms with E-state index >= 15 is 0 Å². The molecule has 5 rings (SSSR count). The van der Waals surface area contributed by atoms with Crippen LogP contribution in [0.4, 0.5) is 5.95 Å². The number of allylic oxidation sites excluding steroid dienone is 3. The van der Waals surface area contributed by atoms with Gasteiger partial charge in [-0.15, -0.1) is 0 Å². The van der Waals surface area contributed by atoms with E-state index in [1.165, 1.54) is 5.56 Å². The molecule has 2 heterocycles. The van der Waals surface area contributed by atoms with Crippen molar-refractivity contribution in [2.75, 3.05) is 5.43 Å². The van der Waals surface area contributed by atoms with Crippen molar-refractivity contribution in [3.8, 4) is 11.3 Å². The van der Waals surface area contributed by atoms with Gasteiger partial charge in [0.15, 0.2) is 0 Å². The maximum atomic E-state index is 4.75. The van der Waals surface area contributed by atoms with E-state index in [4.69, 9.17) is 4.98 Å². The number of hydrogen-bond acceptors (Lipinski definition) is 5. The molecule has 3 aromatic rings. The lowest BCUT2D eigenvalue weighted by atomic mass is 9.98. The number of aromatic nitrogens is 2. The third kappa shape index (κ3) is 3.55. The Morgan fingerprint density at radius 1 is 1.03 bits per heavy atom. The monoisotopic (exact) mass is 379 g/mol. The van der Waals surface area contributed by atoms with Gasteiger partial charge in [-0.1, -0.05) is 72.3 Å². The van der Waals surface area contributed by atoms with Crippen molar-refractivity contribution in [1.29, 1.82) is 0 Å². The van der Waals surface area contributed by atoms with Crippen LogP contribution in [0.15, 0.2) is 89.7 Å². The molecule has 0 unspecified atom stereocenters. The van der Waals surface area contributed by atoms with Crippen LogP contribution in [-0.4, -0.2) is 22.2 Å². The van der Waals surface area contributed by atoms with Gasteiger partial charge >= 0.3 is 0 Å². The number of rotatable bonds is 4. The van der Waals surface area contributed by atoms with Crippen LogP contribution in [0.1, 0.15) is 5.56 Å². The Morgan fingerprint density at radius 2 is 1.90 bits per heavy atom. The second-order valence-corrected chi connectivity index (χ2v) is 7.29. The van der Waals surface area contributed by atoms with Crippen molar-refractivity contribution in [1.82, 2.24) is 15.3 Å². The molecule has 0 saturated heterocycles. The molecule has 142 valence electrons. The fourth-order valence-electron chi connectivity index (χ4n) is 3.72. The molecule has 0 radical (unpaired) electrons. The average molecular weight is 379 g/mol. The smallest absolute Gasteiger partial charge is 0.244 e. The van der Waals surface area contributed by atoms with Gasteiger partial charge in [0.25, 0.3) is 0 Å². The minimum absolute atomic E-state index is 0.311. The second kappa shape index (κ2) is 7.36. The minimum Gasteiger partial charge on any atom is -0.377 e. The van der Waals surface area contributed by atoms with Gasteiger partial charge in [-0.25, -0.2) is 15.4 Å². The van der Waals surface area contributed by atoms with Crippen LogP contribution in [0, 0.1) is 12.8 Å². The molecule has 1 aliphatic carbocycles. The van der Waals surface area contributed by atoms with Gasteiger partial charge in [-0.3, -0.25) is 0 Å². The van der Waals surface area contributed by atoms with Crippen LogP contribution in [0.5, 0.6) is 0 Å². The van der Waals surface area contributed by atoms with Gasteiger partial charge in [0.2, 0.25) is 5.95 Å². The fraction of sp³-hybridized carbons (Fsp3) is 0.125. The molecule has 0 spiro atoms. The molecule has 1 aliphatic heterocycles. The molecule has 2 atom stereocenters. The lowest BCUT2D eigenvalue weighted by Crippen LogP contribution is -2.26. The largest absolute Gasteiger partial charge is 0.377 e. The third-order valence-electron chi connectivity index (χ3n) is 5.15. The van der Waals surface area contributed by atoms with Crippen molar-refractivity contribution < 1.29 is 0 Å². The second-order valence-electron chi connectivity index (χ2n) is 7.29. The maximum absolute atomic E-state index is 4.75. The van der Waals surface area contributed by atoms with Gasteiger partial charge in [0.05, 0.1) is 29.2 Å². The van der Waals surface area contributed by atoms with E-state index in [-0.39, 0.29) is 0 Å². The highest BCUT2D eigenvalue weighted by Gasteiger charge is 2.22. The molecule has 5 heteroatoms. The van der Waals surface area contributed by atoms with Crippen molar-refractivity contribution in [2.24, 2.45) is 11.0 Å². The molecule has 29 heavy (non-hydrogen) atoms. The average Bonchev–Trinajstić information content (AvgIpc) is 3.17. The number of fused-ring (bicyclic) bond motifs is 2. The van der Waals surface area contributed by atoms with E-state index < -0.39 is 0 Å². The number of anilines is 1. The van der Waals surface area contributed by atoms with Crippen LogP contribution in [0.2, 0.25) is 0 Å². The van der Waals surface area contributed by atoms with E-state index in [1.807, 2.05) is 24.3 Å². The quantitative estimate of drug-likeness (QED) is 0.514. The summed E-state index contributed by atoms with van der Waals surface area (Å²) in [7, 11) is 0. The number of benzene rings is 2. The first-order chi connectivity index (χ1) is 14.3. The Hall–Kier alpha value is -3.73. The number of nitrogens with one attached hydrogen (secondary N) is 2. The molecule has 0 fully saturated rings. The molecule has 2 aromatic carbocycles. The lowest BCUT2D eigenvalue weighted by Gasteiger charge is -2.15. The van der Waals surface area contributed by atoms with Gasteiger partial charge in [0.1, 0.15) is 0 Å². The molecule has 5 nitrogen and oxygen atoms in total. The molecular weight excluding hydrogens is 358 g/mol. The minimum atomic E-state index is 0.311. The number of aryl methyl sites for hydroxylation is 1. The van der Waals surface area contributed by atoms with Gasteiger partial charge in [-0.05, 0) is 19.1 Å². The molecule has 2 N–H and O–H groups in total. The molecular formula is C24H21N5. The first kappa shape index (κ1) is 17.4. The molecule has 0 amide bonds. The van der Waals surface area contributed by atoms with E-state index in [0.29, 0.717) is 17.9 Å². The van der Waals surface area contributed by atoms with Crippen molar-refractivity contribution in [2.45, 2.75) is 13.0 Å². The Labute approximate surface area is 169 Å². The van der Waals surface area contributed by atoms with E-state index in [2.05, 4.69) is 82.4 Å². The topological polar surface area (TPSA) is 62.2 Å². The van der Waals surface area contributed by atoms with E-state index in [9.17, 15) is 0 Å². The Kier molecular flexibility index (Phi) is 4.41. The van der Waals surface area contributed by atoms with Crippen LogP contribution in [0.25, 0.3) is 22.2 Å². The lowest BCUT2D eigenvalue weighted by molar-refractivity contribution is 0.645. The summed E-state index contributed by atoms with van der Waals surface area (Å²) in [4.78, 5) is 9.39. The normalized spacial score (nSPS) is 20.0. The first-order valence-corrected chi connectivity index (χ1v) is 9.72. The number of nitrogens with zero attached hydrogens (tertiary/aromatic N) is 3. The Balaban J connectivity index is 1.44. The molecule has 0 bridgehead atoms. The first-order valence-electron chi connectivity index (χ1n) is 9.72. The Bertz CT molecular complexity index is 1170. The van der Waals surface area contributed by atoms with Crippen LogP contribution in [-0.2, 0) is 0 Å². The Morgan fingerprint density at radius 3 is 2.76 bits per heavy atom. The van der Waals surface area contributed by atoms with Gasteiger partial charge < -0.3 is 5.32 Å². The summed E-state index contributed by atoms with van der Waals surface area (Å²) in [5.74, 6) is 0.860. The highest BCUT2D eigenvalue weighted by Crippen LogP contribution is 2.28. The summed E-state index contributed by atoms with van der Waals surface area (Å²) in [6.45, 7) is 2.08. The van der Waals surface area contributed by atoms with Gasteiger partial charge in [0, 0.05) is 16.9 Å². The van der Waals surface area contributed by atoms with Crippen molar-refractivity contribution in [3.05, 3.63) is 90.2 Å². The summed E-state index contributed by atoms with van der Waals surface area (Å²) in [6, 6.07) is 16.7. The summed E-state index contributed by atoms with van der Waals surface area (Å²) in [5.41, 5.74) is 8.02. The maximum Gasteiger partial charge on any atom is 0.244 e. The fourth-order valence-corrected chi connectivity index (χ4v) is 3.72. The standard InChI is InChI=1S/C24H21N5/c1-16-11-12-22-20(13-16)23(17-7-3-2-4-8-17)28-24(27-22)29-25-15-19-14-18-9-5-6-10-21(18)26-19/h2-15,18,21,26H,1H3,(H,27,28,29)/b25-15-/t18-,21-/m0/s1. The van der Waals surface area contributed by atoms with Crippen molar-refractivity contribution in [3.63, 3.8) is 0 Å². The highest BCUT2D eigenvalue weighted by atomic mass is 15.3. The zero-order valence-electron chi connectivity index (χ0n) is 16.1. The van der Waals surface area contributed by atoms with E-state index in [1.54, 1.807) is 6.21 Å². The number of hydrazone groups is 1. The molecule has 1 aromatic heterocycles. The van der Waals surface area contributed by atoms with Gasteiger partial charge in [-0.2, -0.15) is 5.10 Å². The predicted octanol–water partition coefficient (Wildman–Crippen LogP) is 4.60. The third-order valence-corrected chi connectivity index (χ3v) is 5.15. The summed E-state index contributed by atoms with van der Waals surface area (Å²) in [6.07, 6.45) is 12.5. The zero-order chi connectivity index (χ0) is 19.6. The van der Waals surface area contributed by atoms with E-state index in [0.717, 1.165) is 27.9 Å². The zero-order valence-corrected chi connectivity index (χ0v) is 16.1. The van der Waals surface area contributed by atoms with Crippen LogP contribution < -0.4 is 10.7 Å².